The summed E-state index contributed by atoms with van der Waals surface area (Å²) in [5.74, 6) is -0.266. The highest BCUT2D eigenvalue weighted by atomic mass is 32.2. The second kappa shape index (κ2) is 10.0. The molecule has 2 rings (SSSR count). The minimum absolute atomic E-state index is 0.168. The van der Waals surface area contributed by atoms with Crippen LogP contribution in [0.5, 0.6) is 0 Å². The van der Waals surface area contributed by atoms with E-state index < -0.39 is 10.0 Å². The molecule has 1 aliphatic rings. The molecule has 1 unspecified atom stereocenters. The number of hydrogen-bond donors (Lipinski definition) is 1. The molecule has 0 saturated carbocycles. The number of rotatable bonds is 9. The van der Waals surface area contributed by atoms with Gasteiger partial charge in [-0.1, -0.05) is 31.5 Å². The van der Waals surface area contributed by atoms with Gasteiger partial charge < -0.3 is 10.2 Å². The molecule has 146 valence electrons. The molecule has 0 spiro atoms. The lowest BCUT2D eigenvalue weighted by molar-refractivity contribution is -0.121. The lowest BCUT2D eigenvalue weighted by atomic mass is 10.00. The van der Waals surface area contributed by atoms with Crippen molar-refractivity contribution in [1.82, 2.24) is 14.5 Å². The monoisotopic (exact) mass is 381 g/mol. The number of piperidine rings is 1. The van der Waals surface area contributed by atoms with Crippen LogP contribution in [0.3, 0.4) is 0 Å². The molecule has 1 amide bonds. The summed E-state index contributed by atoms with van der Waals surface area (Å²) in [5, 5.41) is 2.84. The van der Waals surface area contributed by atoms with E-state index in [4.69, 9.17) is 0 Å². The minimum atomic E-state index is -3.63. The average molecular weight is 382 g/mol. The molecule has 6 nitrogen and oxygen atoms in total. The molecule has 0 radical (unpaired) electrons. The number of hydrogen-bond acceptors (Lipinski definition) is 4. The largest absolute Gasteiger partial charge is 0.355 e. The molecule has 1 saturated heterocycles. The Morgan fingerprint density at radius 2 is 2.00 bits per heavy atom. The maximum atomic E-state index is 12.4. The van der Waals surface area contributed by atoms with Gasteiger partial charge in [-0.05, 0) is 44.4 Å². The maximum Gasteiger partial charge on any atom is 0.243 e. The van der Waals surface area contributed by atoms with Crippen LogP contribution in [0.2, 0.25) is 0 Å². The van der Waals surface area contributed by atoms with Gasteiger partial charge >= 0.3 is 0 Å². The first-order valence-corrected chi connectivity index (χ1v) is 10.9. The Morgan fingerprint density at radius 1 is 1.27 bits per heavy atom. The van der Waals surface area contributed by atoms with Crippen LogP contribution in [-0.2, 0) is 14.8 Å². The van der Waals surface area contributed by atoms with Crippen LogP contribution < -0.4 is 5.32 Å². The van der Waals surface area contributed by atoms with Crippen molar-refractivity contribution in [2.24, 2.45) is 0 Å². The Morgan fingerprint density at radius 3 is 2.69 bits per heavy atom. The van der Waals surface area contributed by atoms with Crippen molar-refractivity contribution < 1.29 is 13.2 Å². The Bertz CT molecular complexity index is 664. The minimum Gasteiger partial charge on any atom is -0.355 e. The third-order valence-electron chi connectivity index (χ3n) is 4.98. The van der Waals surface area contributed by atoms with Gasteiger partial charge in [-0.15, -0.1) is 0 Å². The molecule has 1 heterocycles. The van der Waals surface area contributed by atoms with Crippen molar-refractivity contribution >= 4 is 15.9 Å². The lowest BCUT2D eigenvalue weighted by Crippen LogP contribution is -2.42. The maximum absolute atomic E-state index is 12.4. The van der Waals surface area contributed by atoms with Crippen molar-refractivity contribution in [3.05, 3.63) is 30.3 Å². The molecule has 1 fully saturated rings. The van der Waals surface area contributed by atoms with Crippen LogP contribution in [-0.4, -0.2) is 62.8 Å². The van der Waals surface area contributed by atoms with Gasteiger partial charge in [0.25, 0.3) is 0 Å². The molecule has 0 bridgehead atoms. The zero-order chi connectivity index (χ0) is 19.0. The van der Waals surface area contributed by atoms with Crippen molar-refractivity contribution in [2.75, 3.05) is 33.2 Å². The lowest BCUT2D eigenvalue weighted by Gasteiger charge is -2.35. The normalized spacial score (nSPS) is 18.8. The molecule has 0 aliphatic carbocycles. The summed E-state index contributed by atoms with van der Waals surface area (Å²) >= 11 is 0. The zero-order valence-electron chi connectivity index (χ0n) is 15.9. The molecular weight excluding hydrogens is 350 g/mol. The number of likely N-dealkylation sites (N-methyl/N-ethyl adjacent to an activating group) is 1. The van der Waals surface area contributed by atoms with Gasteiger partial charge in [-0.2, -0.15) is 4.31 Å². The van der Waals surface area contributed by atoms with E-state index in [1.165, 1.54) is 44.9 Å². The molecule has 1 N–H and O–H groups in total. The molecule has 1 aliphatic heterocycles. The molecule has 1 aromatic rings. The van der Waals surface area contributed by atoms with Crippen LogP contribution in [0.4, 0.5) is 0 Å². The first kappa shape index (κ1) is 20.9. The van der Waals surface area contributed by atoms with E-state index in [0.717, 1.165) is 23.8 Å². The van der Waals surface area contributed by atoms with Gasteiger partial charge in [0.2, 0.25) is 15.9 Å². The standard InChI is InChI=1S/C19H31N3O3S/c1-3-17-10-7-8-14-22(17)15-9-13-20-19(23)16-21(2)26(24,25)18-11-5-4-6-12-18/h4-6,11-12,17H,3,7-10,13-16H2,1-2H3,(H,20,23). The third-order valence-corrected chi connectivity index (χ3v) is 6.80. The number of carbonyl (C=O) groups is 1. The van der Waals surface area contributed by atoms with Gasteiger partial charge in [0.05, 0.1) is 11.4 Å². The van der Waals surface area contributed by atoms with E-state index in [2.05, 4.69) is 17.1 Å². The van der Waals surface area contributed by atoms with E-state index >= 15 is 0 Å². The van der Waals surface area contributed by atoms with Gasteiger partial charge in [0.15, 0.2) is 0 Å². The number of amides is 1. The van der Waals surface area contributed by atoms with E-state index in [0.29, 0.717) is 12.6 Å². The first-order chi connectivity index (χ1) is 12.4. The summed E-state index contributed by atoms with van der Waals surface area (Å²) in [6, 6.07) is 8.84. The van der Waals surface area contributed by atoms with Crippen molar-refractivity contribution in [2.45, 2.75) is 50.0 Å². The smallest absolute Gasteiger partial charge is 0.243 e. The Balaban J connectivity index is 1.73. The summed E-state index contributed by atoms with van der Waals surface area (Å²) in [5.41, 5.74) is 0. The number of sulfonamides is 1. The van der Waals surface area contributed by atoms with Crippen LogP contribution in [0.1, 0.15) is 39.0 Å². The van der Waals surface area contributed by atoms with Gasteiger partial charge in [0, 0.05) is 26.2 Å². The number of benzene rings is 1. The fraction of sp³-hybridized carbons (Fsp3) is 0.632. The number of carbonyl (C=O) groups excluding carboxylic acids is 1. The number of nitrogens with zero attached hydrogens (tertiary/aromatic N) is 2. The average Bonchev–Trinajstić information content (AvgIpc) is 2.66. The summed E-state index contributed by atoms with van der Waals surface area (Å²) < 4.78 is 25.9. The highest BCUT2D eigenvalue weighted by Crippen LogP contribution is 2.19. The van der Waals surface area contributed by atoms with Crippen LogP contribution >= 0.6 is 0 Å². The quantitative estimate of drug-likeness (QED) is 0.665. The summed E-state index contributed by atoms with van der Waals surface area (Å²) in [6.45, 7) is 4.76. The summed E-state index contributed by atoms with van der Waals surface area (Å²) in [7, 11) is -2.20. The summed E-state index contributed by atoms with van der Waals surface area (Å²) in [4.78, 5) is 14.8. The summed E-state index contributed by atoms with van der Waals surface area (Å²) in [6.07, 6.45) is 5.90. The highest BCUT2D eigenvalue weighted by molar-refractivity contribution is 7.89. The topological polar surface area (TPSA) is 69.7 Å². The SMILES string of the molecule is CCC1CCCCN1CCCNC(=O)CN(C)S(=O)(=O)c1ccccc1. The van der Waals surface area contributed by atoms with Crippen LogP contribution in [0, 0.1) is 0 Å². The molecule has 26 heavy (non-hydrogen) atoms. The predicted molar refractivity (Wildman–Crippen MR) is 103 cm³/mol. The first-order valence-electron chi connectivity index (χ1n) is 9.47. The second-order valence-electron chi connectivity index (χ2n) is 6.87. The van der Waals surface area contributed by atoms with E-state index in [1.54, 1.807) is 18.2 Å². The van der Waals surface area contributed by atoms with Gasteiger partial charge in [-0.3, -0.25) is 4.79 Å². The van der Waals surface area contributed by atoms with Gasteiger partial charge in [0.1, 0.15) is 0 Å². The fourth-order valence-electron chi connectivity index (χ4n) is 3.44. The van der Waals surface area contributed by atoms with Crippen molar-refractivity contribution in [1.29, 1.82) is 0 Å². The van der Waals surface area contributed by atoms with E-state index in [1.807, 2.05) is 0 Å². The molecule has 7 heteroatoms. The van der Waals surface area contributed by atoms with Crippen LogP contribution in [0.25, 0.3) is 0 Å². The second-order valence-corrected chi connectivity index (χ2v) is 8.92. The number of likely N-dealkylation sites (tertiary alicyclic amines) is 1. The molecule has 1 aromatic carbocycles. The van der Waals surface area contributed by atoms with E-state index in [-0.39, 0.29) is 17.3 Å². The number of nitrogens with one attached hydrogen (secondary N) is 1. The molecule has 0 aromatic heterocycles. The van der Waals surface area contributed by atoms with Crippen molar-refractivity contribution in [3.63, 3.8) is 0 Å². The Hall–Kier alpha value is -1.44. The zero-order valence-corrected chi connectivity index (χ0v) is 16.7. The molecular formula is C19H31N3O3S. The van der Waals surface area contributed by atoms with E-state index in [9.17, 15) is 13.2 Å². The highest BCUT2D eigenvalue weighted by Gasteiger charge is 2.23. The van der Waals surface area contributed by atoms with Crippen molar-refractivity contribution in [3.8, 4) is 0 Å². The predicted octanol–water partition coefficient (Wildman–Crippen LogP) is 2.08. The Kier molecular flexibility index (Phi) is 8.06. The Labute approximate surface area is 157 Å². The molecule has 1 atom stereocenters. The van der Waals surface area contributed by atoms with Crippen LogP contribution in [0.15, 0.2) is 35.2 Å². The third kappa shape index (κ3) is 5.79. The van der Waals surface area contributed by atoms with Gasteiger partial charge in [-0.25, -0.2) is 8.42 Å². The fourth-order valence-corrected chi connectivity index (χ4v) is 4.59.